The lowest BCUT2D eigenvalue weighted by Gasteiger charge is -2.00. The van der Waals surface area contributed by atoms with Crippen LogP contribution in [0.15, 0.2) is 53.6 Å². The van der Waals surface area contributed by atoms with Crippen molar-refractivity contribution in [3.05, 3.63) is 74.9 Å². The van der Waals surface area contributed by atoms with E-state index in [9.17, 15) is 4.79 Å². The summed E-state index contributed by atoms with van der Waals surface area (Å²) in [5.74, 6) is -0.438. The number of halogens is 3. The minimum Gasteiger partial charge on any atom is -0.272 e. The third kappa shape index (κ3) is 4.20. The van der Waals surface area contributed by atoms with E-state index < -0.39 is 5.91 Å². The average molecular weight is 394 g/mol. The molecule has 2 N–H and O–H groups in total. The summed E-state index contributed by atoms with van der Waals surface area (Å²) >= 11 is 18.0. The van der Waals surface area contributed by atoms with Gasteiger partial charge in [-0.2, -0.15) is 10.2 Å². The molecule has 0 atom stereocenters. The normalized spacial score (nSPS) is 11.0. The molecule has 1 amide bonds. The second-order valence-electron chi connectivity index (χ2n) is 5.01. The summed E-state index contributed by atoms with van der Waals surface area (Å²) < 4.78 is 0. The lowest BCUT2D eigenvalue weighted by Crippen LogP contribution is -2.18. The highest BCUT2D eigenvalue weighted by Crippen LogP contribution is 2.29. The molecule has 3 aromatic rings. The Morgan fingerprint density at radius 1 is 1.08 bits per heavy atom. The van der Waals surface area contributed by atoms with Crippen molar-refractivity contribution >= 4 is 46.9 Å². The van der Waals surface area contributed by atoms with Crippen LogP contribution in [0, 0.1) is 0 Å². The number of aromatic nitrogens is 2. The first-order valence-corrected chi connectivity index (χ1v) is 8.27. The Labute approximate surface area is 158 Å². The highest BCUT2D eigenvalue weighted by Gasteiger charge is 2.12. The second-order valence-corrected chi connectivity index (χ2v) is 6.26. The summed E-state index contributed by atoms with van der Waals surface area (Å²) in [6.07, 6.45) is 1.47. The van der Waals surface area contributed by atoms with Crippen LogP contribution in [0.3, 0.4) is 0 Å². The van der Waals surface area contributed by atoms with Gasteiger partial charge in [0.05, 0.1) is 16.9 Å². The molecule has 1 aromatic heterocycles. The summed E-state index contributed by atoms with van der Waals surface area (Å²) in [5, 5.41) is 12.1. The van der Waals surface area contributed by atoms with E-state index in [1.54, 1.807) is 36.4 Å². The van der Waals surface area contributed by atoms with E-state index in [1.807, 2.05) is 12.1 Å². The molecule has 0 aliphatic carbocycles. The van der Waals surface area contributed by atoms with Crippen LogP contribution in [0.2, 0.25) is 15.1 Å². The molecule has 0 saturated carbocycles. The van der Waals surface area contributed by atoms with Gasteiger partial charge in [-0.25, -0.2) is 5.43 Å². The van der Waals surface area contributed by atoms with Crippen LogP contribution in [0.5, 0.6) is 0 Å². The number of hydrogen-bond acceptors (Lipinski definition) is 3. The lowest BCUT2D eigenvalue weighted by molar-refractivity contribution is 0.0950. The monoisotopic (exact) mass is 392 g/mol. The molecule has 0 unspecified atom stereocenters. The zero-order valence-corrected chi connectivity index (χ0v) is 14.9. The largest absolute Gasteiger partial charge is 0.289 e. The maximum atomic E-state index is 12.1. The Morgan fingerprint density at radius 2 is 1.88 bits per heavy atom. The summed E-state index contributed by atoms with van der Waals surface area (Å²) in [5.41, 5.74) is 4.55. The molecule has 0 aliphatic rings. The molecule has 2 aromatic carbocycles. The average Bonchev–Trinajstić information content (AvgIpc) is 3.06. The molecule has 0 spiro atoms. The topological polar surface area (TPSA) is 70.1 Å². The zero-order chi connectivity index (χ0) is 17.8. The van der Waals surface area contributed by atoms with Gasteiger partial charge in [-0.1, -0.05) is 53.0 Å². The fourth-order valence-electron chi connectivity index (χ4n) is 2.07. The lowest BCUT2D eigenvalue weighted by atomic mass is 10.1. The SMILES string of the molecule is O=C(N/N=C\c1ccccc1Cl)c1cc(-c2ccc(Cl)cc2Cl)n[nH]1. The molecule has 126 valence electrons. The van der Waals surface area contributed by atoms with Crippen molar-refractivity contribution in [3.63, 3.8) is 0 Å². The number of H-pyrrole nitrogens is 1. The van der Waals surface area contributed by atoms with Gasteiger partial charge in [0.15, 0.2) is 0 Å². The van der Waals surface area contributed by atoms with Crippen LogP contribution in [-0.4, -0.2) is 22.3 Å². The van der Waals surface area contributed by atoms with Crippen molar-refractivity contribution in [1.29, 1.82) is 0 Å². The molecule has 3 rings (SSSR count). The minimum atomic E-state index is -0.438. The maximum absolute atomic E-state index is 12.1. The molecule has 1 heterocycles. The van der Waals surface area contributed by atoms with E-state index in [0.29, 0.717) is 31.9 Å². The molecule has 0 saturated heterocycles. The van der Waals surface area contributed by atoms with Crippen LogP contribution in [-0.2, 0) is 0 Å². The van der Waals surface area contributed by atoms with Gasteiger partial charge in [-0.3, -0.25) is 9.89 Å². The van der Waals surface area contributed by atoms with E-state index in [1.165, 1.54) is 6.21 Å². The molecule has 0 bridgehead atoms. The highest BCUT2D eigenvalue weighted by atomic mass is 35.5. The number of aromatic amines is 1. The Bertz CT molecular complexity index is 953. The van der Waals surface area contributed by atoms with E-state index in [-0.39, 0.29) is 5.69 Å². The number of benzene rings is 2. The highest BCUT2D eigenvalue weighted by molar-refractivity contribution is 6.36. The molecule has 5 nitrogen and oxygen atoms in total. The third-order valence-electron chi connectivity index (χ3n) is 3.30. The molecular weight excluding hydrogens is 383 g/mol. The Kier molecular flexibility index (Phi) is 5.38. The number of nitrogens with zero attached hydrogens (tertiary/aromatic N) is 2. The molecule has 0 aliphatic heterocycles. The van der Waals surface area contributed by atoms with Crippen LogP contribution >= 0.6 is 34.8 Å². The van der Waals surface area contributed by atoms with Crippen molar-refractivity contribution < 1.29 is 4.79 Å². The molecule has 0 radical (unpaired) electrons. The van der Waals surface area contributed by atoms with Crippen molar-refractivity contribution in [1.82, 2.24) is 15.6 Å². The fourth-order valence-corrected chi connectivity index (χ4v) is 2.76. The summed E-state index contributed by atoms with van der Waals surface area (Å²) in [7, 11) is 0. The summed E-state index contributed by atoms with van der Waals surface area (Å²) in [4.78, 5) is 12.1. The smallest absolute Gasteiger partial charge is 0.272 e. The molecule has 8 heteroatoms. The van der Waals surface area contributed by atoms with Crippen molar-refractivity contribution in [2.24, 2.45) is 5.10 Å². The Balaban J connectivity index is 1.72. The molecular formula is C17H11Cl3N4O. The van der Waals surface area contributed by atoms with Crippen LogP contribution in [0.4, 0.5) is 0 Å². The predicted octanol–water partition coefficient (Wildman–Crippen LogP) is 4.80. The maximum Gasteiger partial charge on any atom is 0.289 e. The number of amides is 1. The van der Waals surface area contributed by atoms with Gasteiger partial charge in [-0.05, 0) is 30.3 Å². The standard InChI is InChI=1S/C17H11Cl3N4O/c18-11-5-6-12(14(20)7-11)15-8-16(23-22-15)17(25)24-21-9-10-3-1-2-4-13(10)19/h1-9H,(H,22,23)(H,24,25)/b21-9-. The van der Waals surface area contributed by atoms with Gasteiger partial charge >= 0.3 is 0 Å². The summed E-state index contributed by atoms with van der Waals surface area (Å²) in [6.45, 7) is 0. The Hall–Kier alpha value is -2.34. The van der Waals surface area contributed by atoms with Crippen LogP contribution < -0.4 is 5.43 Å². The van der Waals surface area contributed by atoms with E-state index >= 15 is 0 Å². The Morgan fingerprint density at radius 3 is 2.64 bits per heavy atom. The number of carbonyl (C=O) groups is 1. The van der Waals surface area contributed by atoms with Crippen LogP contribution in [0.25, 0.3) is 11.3 Å². The van der Waals surface area contributed by atoms with Gasteiger partial charge in [-0.15, -0.1) is 0 Å². The molecule has 0 fully saturated rings. The first-order valence-electron chi connectivity index (χ1n) is 7.13. The van der Waals surface area contributed by atoms with Gasteiger partial charge in [0, 0.05) is 21.2 Å². The van der Waals surface area contributed by atoms with Crippen LogP contribution in [0.1, 0.15) is 16.1 Å². The van der Waals surface area contributed by atoms with Gasteiger partial charge in [0.2, 0.25) is 0 Å². The number of nitrogens with one attached hydrogen (secondary N) is 2. The van der Waals surface area contributed by atoms with Crippen molar-refractivity contribution in [2.45, 2.75) is 0 Å². The predicted molar refractivity (Wildman–Crippen MR) is 101 cm³/mol. The second kappa shape index (κ2) is 7.70. The fraction of sp³-hybridized carbons (Fsp3) is 0. The summed E-state index contributed by atoms with van der Waals surface area (Å²) in [6, 6.07) is 13.8. The first-order chi connectivity index (χ1) is 12.0. The number of hydrazone groups is 1. The number of carbonyl (C=O) groups excluding carboxylic acids is 1. The number of rotatable bonds is 4. The number of hydrogen-bond donors (Lipinski definition) is 2. The van der Waals surface area contributed by atoms with Gasteiger partial charge < -0.3 is 0 Å². The van der Waals surface area contributed by atoms with E-state index in [0.717, 1.165) is 0 Å². The van der Waals surface area contributed by atoms with Crippen molar-refractivity contribution in [3.8, 4) is 11.3 Å². The quantitative estimate of drug-likeness (QED) is 0.494. The molecule has 25 heavy (non-hydrogen) atoms. The van der Waals surface area contributed by atoms with E-state index in [2.05, 4.69) is 20.7 Å². The van der Waals surface area contributed by atoms with E-state index in [4.69, 9.17) is 34.8 Å². The zero-order valence-electron chi connectivity index (χ0n) is 12.6. The van der Waals surface area contributed by atoms with Gasteiger partial charge in [0.1, 0.15) is 5.69 Å². The van der Waals surface area contributed by atoms with Gasteiger partial charge in [0.25, 0.3) is 5.91 Å². The minimum absolute atomic E-state index is 0.248. The van der Waals surface area contributed by atoms with Crippen molar-refractivity contribution in [2.75, 3.05) is 0 Å². The first kappa shape index (κ1) is 17.5. The third-order valence-corrected chi connectivity index (χ3v) is 4.20.